The van der Waals surface area contributed by atoms with Crippen molar-refractivity contribution >= 4 is 132 Å². The number of hydrogen-bond acceptors (Lipinski definition) is 17. The highest BCUT2D eigenvalue weighted by Crippen LogP contribution is 2.38. The Labute approximate surface area is 838 Å². The average Bonchev–Trinajstić information content (AvgIpc) is 1.60. The number of rotatable bonds is 17. The second-order valence-corrected chi connectivity index (χ2v) is 35.4. The Balaban J connectivity index is 0.000000114. The van der Waals surface area contributed by atoms with Crippen LogP contribution in [0.3, 0.4) is 0 Å². The highest BCUT2D eigenvalue weighted by molar-refractivity contribution is 6.56. The van der Waals surface area contributed by atoms with E-state index >= 15 is 0 Å². The molecule has 0 amide bonds. The summed E-state index contributed by atoms with van der Waals surface area (Å²) in [4.78, 5) is 62.4. The first-order chi connectivity index (χ1) is 70.6. The van der Waals surface area contributed by atoms with Gasteiger partial charge < -0.3 is 4.74 Å². The summed E-state index contributed by atoms with van der Waals surface area (Å²) in [6.07, 6.45) is 0. The molecule has 0 bridgehead atoms. The normalized spacial score (nSPS) is 14.4. The van der Waals surface area contributed by atoms with Gasteiger partial charge in [-0.2, -0.15) is 58.9 Å². The maximum atomic E-state index is 7.27. The average molecular weight is 1920 g/mol. The fraction of sp³-hybridized carbons (Fsp3) is 0.114. The van der Waals surface area contributed by atoms with Crippen molar-refractivity contribution in [3.63, 3.8) is 0 Å². The lowest BCUT2D eigenvalue weighted by atomic mass is 10.1. The summed E-state index contributed by atoms with van der Waals surface area (Å²) in [5, 5.41) is 38.9. The Morgan fingerprint density at radius 2 is 0.483 bits per heavy atom. The van der Waals surface area contributed by atoms with E-state index in [0.29, 0.717) is 91.6 Å². The van der Waals surface area contributed by atoms with Gasteiger partial charge in [-0.05, 0) is 116 Å². The molecule has 4 aliphatic heterocycles. The first-order valence-electron chi connectivity index (χ1n) is 46.8. The van der Waals surface area contributed by atoms with Crippen LogP contribution in [0, 0.1) is 62.0 Å². The summed E-state index contributed by atoms with van der Waals surface area (Å²) < 4.78 is 20.0. The van der Waals surface area contributed by atoms with Crippen molar-refractivity contribution in [1.82, 2.24) is 77.6 Å². The lowest BCUT2D eigenvalue weighted by Gasteiger charge is -2.04. The molecule has 30 nitrogen and oxygen atoms in total. The predicted octanol–water partition coefficient (Wildman–Crippen LogP) is 22.5. The minimum Gasteiger partial charge on any atom is -0.497 e. The number of methoxy groups -OCH3 is 1. The third-order valence-corrected chi connectivity index (χ3v) is 24.7. The van der Waals surface area contributed by atoms with Crippen LogP contribution >= 0.6 is 11.6 Å². The van der Waals surface area contributed by atoms with Crippen LogP contribution in [0.25, 0.3) is 73.0 Å². The molecule has 0 unspecified atom stereocenters. The standard InChI is InChI=1S/C29H22N8.C29H25N7O.C28H22ClN7.C28H23N7/c1-18-9-8-12-22(17-18)28-35-36(4)29-24(19(2)34-37(28)29)31-27-25(20-13-15-23(30-3)16-14-20)32-26(33-27)21-10-6-5-7-11-21;1-18-9-8-12-22(17-18)28-34-35(3)29-24(19(2)33-36(28)29)30-27-25(20-13-15-23(37-4)16-14-20)31-26(32-27)21-10-6-5-7-11-21;1-17-8-7-11-21(16-17)27-34-35(3)28-23(18(2)33-36(27)28)30-26-24(19-12-14-22(29)15-13-19)31-25(32-26)20-9-5-4-6-10-20;1-18-11-10-16-22(17-18)27-33-34(3)28-23(19(2)32-35(27)28)29-26-24(20-12-6-4-7-13-20)30-25(31-26)21-14-8-5-9-15-21/h5-17H,1-2,4H3;5-17H,1-4H3;4-16H,1-3H3;4-17H,1-3H3. The van der Waals surface area contributed by atoms with Crippen LogP contribution in [-0.4, -0.2) is 154 Å². The molecule has 0 atom stereocenters. The number of benzene rings is 12. The van der Waals surface area contributed by atoms with E-state index in [-0.39, 0.29) is 0 Å². The highest BCUT2D eigenvalue weighted by atomic mass is 35.5. The van der Waals surface area contributed by atoms with E-state index in [2.05, 4.69) is 81.1 Å². The van der Waals surface area contributed by atoms with Crippen molar-refractivity contribution in [2.24, 2.45) is 88.1 Å². The highest BCUT2D eigenvalue weighted by Gasteiger charge is 2.32. The molecule has 24 rings (SSSR count). The predicted molar refractivity (Wildman–Crippen MR) is 578 cm³/mol. The van der Waals surface area contributed by atoms with Gasteiger partial charge in [-0.1, -0.05) is 295 Å². The molecule has 31 heteroatoms. The number of amidine groups is 8. The number of aliphatic imine (C=N–C) groups is 12. The molecule has 0 spiro atoms. The summed E-state index contributed by atoms with van der Waals surface area (Å²) in [5.74, 6) is 8.41. The van der Waals surface area contributed by atoms with Crippen molar-refractivity contribution in [3.05, 3.63) is 427 Å². The van der Waals surface area contributed by atoms with Crippen molar-refractivity contribution in [2.75, 3.05) is 7.11 Å². The molecule has 145 heavy (non-hydrogen) atoms. The first kappa shape index (κ1) is 92.3. The minimum atomic E-state index is 0.491. The Morgan fingerprint density at radius 3 is 0.724 bits per heavy atom. The molecule has 0 saturated heterocycles. The van der Waals surface area contributed by atoms with Gasteiger partial charge >= 0.3 is 0 Å². The zero-order chi connectivity index (χ0) is 99.8. The van der Waals surface area contributed by atoms with Crippen LogP contribution in [0.4, 0.5) is 28.4 Å². The molecule has 12 heterocycles. The quantitative estimate of drug-likeness (QED) is 0.0781. The van der Waals surface area contributed by atoms with Gasteiger partial charge in [0.25, 0.3) is 0 Å². The van der Waals surface area contributed by atoms with Gasteiger partial charge in [0.2, 0.25) is 0 Å². The summed E-state index contributed by atoms with van der Waals surface area (Å²) in [6, 6.07) is 105. The Hall–Kier alpha value is -19.0. The van der Waals surface area contributed by atoms with E-state index < -0.39 is 0 Å². The van der Waals surface area contributed by atoms with Crippen LogP contribution in [0.15, 0.2) is 381 Å². The third-order valence-electron chi connectivity index (χ3n) is 24.5. The number of halogens is 1. The maximum absolute atomic E-state index is 7.27. The molecule has 0 N–H and O–H groups in total. The lowest BCUT2D eigenvalue weighted by molar-refractivity contribution is 0.415. The van der Waals surface area contributed by atoms with E-state index in [0.717, 1.165) is 169 Å². The number of aromatic nitrogens is 16. The summed E-state index contributed by atoms with van der Waals surface area (Å²) >= 11 is 6.14. The van der Waals surface area contributed by atoms with Crippen molar-refractivity contribution in [1.29, 1.82) is 0 Å². The first-order valence-corrected chi connectivity index (χ1v) is 47.2. The molecule has 12 aromatic carbocycles. The zero-order valence-electron chi connectivity index (χ0n) is 81.4. The lowest BCUT2D eigenvalue weighted by Crippen LogP contribution is -2.09. The van der Waals surface area contributed by atoms with Crippen molar-refractivity contribution in [2.45, 2.75) is 55.4 Å². The molecule has 0 aliphatic carbocycles. The number of aryl methyl sites for hydroxylation is 12. The maximum Gasteiger partial charge on any atom is 0.187 e. The molecule has 8 aromatic heterocycles. The molecular weight excluding hydrogens is 1830 g/mol. The van der Waals surface area contributed by atoms with Crippen molar-refractivity contribution in [3.8, 4) is 51.3 Å². The topological polar surface area (TPSA) is 302 Å². The second-order valence-electron chi connectivity index (χ2n) is 35.0. The van der Waals surface area contributed by atoms with Crippen LogP contribution in [0.2, 0.25) is 5.02 Å². The van der Waals surface area contributed by atoms with Crippen LogP contribution in [-0.2, 0) is 28.2 Å². The minimum absolute atomic E-state index is 0.491. The fourth-order valence-electron chi connectivity index (χ4n) is 17.4. The van der Waals surface area contributed by atoms with E-state index in [1.807, 2.05) is 349 Å². The molecule has 0 fully saturated rings. The number of ether oxygens (including phenoxy) is 1. The molecule has 706 valence electrons. The van der Waals surface area contributed by atoms with E-state index in [1.54, 1.807) is 23.9 Å². The summed E-state index contributed by atoms with van der Waals surface area (Å²) in [6.45, 7) is 23.3. The van der Waals surface area contributed by atoms with Crippen LogP contribution < -0.4 is 4.74 Å². The van der Waals surface area contributed by atoms with Gasteiger partial charge in [-0.15, -0.1) is 0 Å². The van der Waals surface area contributed by atoms with E-state index in [1.165, 1.54) is 5.56 Å². The van der Waals surface area contributed by atoms with Crippen molar-refractivity contribution < 1.29 is 4.74 Å². The number of fused-ring (bicyclic) bond motifs is 4. The third kappa shape index (κ3) is 18.6. The van der Waals surface area contributed by atoms with Crippen LogP contribution in [0.1, 0.15) is 89.5 Å². The molecule has 0 radical (unpaired) electrons. The molecular formula is C114H92ClN29O. The fourth-order valence-corrected chi connectivity index (χ4v) is 17.6. The Bertz CT molecular complexity index is 8950. The van der Waals surface area contributed by atoms with E-state index in [4.69, 9.17) is 124 Å². The Kier molecular flexibility index (Phi) is 25.1. The smallest absolute Gasteiger partial charge is 0.187 e. The number of nitrogens with zero attached hydrogens (tertiary/aromatic N) is 29. The van der Waals surface area contributed by atoms with Gasteiger partial charge in [0, 0.05) is 100.0 Å². The number of hydrogen-bond donors (Lipinski definition) is 0. The summed E-state index contributed by atoms with van der Waals surface area (Å²) in [5.41, 5.74) is 28.4. The van der Waals surface area contributed by atoms with Gasteiger partial charge in [-0.3, -0.25) is 0 Å². The van der Waals surface area contributed by atoms with E-state index in [9.17, 15) is 0 Å². The van der Waals surface area contributed by atoms with Gasteiger partial charge in [0.1, 0.15) is 51.3 Å². The monoisotopic (exact) mass is 1920 g/mol. The Morgan fingerprint density at radius 1 is 0.255 bits per heavy atom. The SMILES string of the molecule is COc1ccc(C2=NC(c3ccccc3)=NC2=Nc2c(C)nn3c(-c4cccc(C)c4)nn(C)c23)cc1.Cc1cccc(-c2nn(C)c3c(N=C4N=C(c5ccccc5)N=C4c4ccc(Cl)cc4)c(C)nn23)c1.Cc1cccc(-c2nn(C)c3c(N=C4N=C(c5ccccc5)N=C4c4ccccc4)c(C)nn23)c1.[C-]#[N+]c1ccc(C2=NC(c3ccccc3)=NC2=Nc2c(C)nn3c(-c4cccc(C)c4)nn(C)c23)cc1. The largest absolute Gasteiger partial charge is 0.497 e. The summed E-state index contributed by atoms with van der Waals surface area (Å²) in [7, 11) is 9.27. The molecule has 4 aliphatic rings. The molecule has 0 saturated carbocycles. The van der Waals surface area contributed by atoms with Gasteiger partial charge in [0.05, 0.1) is 36.5 Å². The zero-order valence-corrected chi connectivity index (χ0v) is 82.1. The molecule has 20 aromatic rings. The van der Waals surface area contributed by atoms with Gasteiger partial charge in [-0.25, -0.2) is 83.5 Å². The van der Waals surface area contributed by atoms with Gasteiger partial charge in [0.15, 0.2) is 98.3 Å². The second kappa shape index (κ2) is 39.3. The van der Waals surface area contributed by atoms with Crippen LogP contribution in [0.5, 0.6) is 5.75 Å².